The summed E-state index contributed by atoms with van der Waals surface area (Å²) in [5, 5.41) is 1.11. The predicted octanol–water partition coefficient (Wildman–Crippen LogP) is 2.79. The Kier molecular flexibility index (Phi) is 3.24. The predicted molar refractivity (Wildman–Crippen MR) is 82.7 cm³/mol. The van der Waals surface area contributed by atoms with Crippen molar-refractivity contribution in [2.45, 2.75) is 18.9 Å². The summed E-state index contributed by atoms with van der Waals surface area (Å²) in [5.74, 6) is 0.0523. The topological polar surface area (TPSA) is 46.3 Å². The van der Waals surface area contributed by atoms with Gasteiger partial charge in [0.05, 0.1) is 15.9 Å². The highest BCUT2D eigenvalue weighted by Crippen LogP contribution is 2.28. The van der Waals surface area contributed by atoms with Crippen LogP contribution in [-0.2, 0) is 0 Å². The molecule has 0 spiro atoms. The maximum atomic E-state index is 12.6. The van der Waals surface area contributed by atoms with Crippen molar-refractivity contribution < 1.29 is 4.79 Å². The molecule has 1 aliphatic rings. The van der Waals surface area contributed by atoms with Gasteiger partial charge in [0.15, 0.2) is 0 Å². The van der Waals surface area contributed by atoms with E-state index in [-0.39, 0.29) is 11.9 Å². The SMILES string of the molecule is NC(=S)C1CCCN1C(=O)c1cc2ccccc2s1. The number of hydrogen-bond acceptors (Lipinski definition) is 3. The summed E-state index contributed by atoms with van der Waals surface area (Å²) < 4.78 is 1.14. The summed E-state index contributed by atoms with van der Waals surface area (Å²) in [7, 11) is 0. The number of nitrogens with two attached hydrogens (primary N) is 1. The molecule has 1 amide bonds. The fourth-order valence-electron chi connectivity index (χ4n) is 2.53. The molecule has 0 radical (unpaired) electrons. The van der Waals surface area contributed by atoms with Gasteiger partial charge in [0.1, 0.15) is 0 Å². The Bertz CT molecular complexity index is 617. The molecule has 1 aromatic heterocycles. The Labute approximate surface area is 121 Å². The van der Waals surface area contributed by atoms with Crippen LogP contribution in [0.1, 0.15) is 22.5 Å². The molecule has 2 N–H and O–H groups in total. The van der Waals surface area contributed by atoms with Crippen LogP contribution >= 0.6 is 23.6 Å². The first-order valence-electron chi connectivity index (χ1n) is 6.25. The third-order valence-electron chi connectivity index (χ3n) is 3.48. The molecule has 19 heavy (non-hydrogen) atoms. The molecule has 0 bridgehead atoms. The van der Waals surface area contributed by atoms with E-state index < -0.39 is 0 Å². The van der Waals surface area contributed by atoms with Gasteiger partial charge in [-0.05, 0) is 30.4 Å². The van der Waals surface area contributed by atoms with E-state index in [4.69, 9.17) is 18.0 Å². The minimum atomic E-state index is -0.0762. The van der Waals surface area contributed by atoms with Gasteiger partial charge in [-0.1, -0.05) is 30.4 Å². The zero-order valence-corrected chi connectivity index (χ0v) is 12.0. The number of thiophene rings is 1. The second-order valence-corrected chi connectivity index (χ2v) is 6.26. The van der Waals surface area contributed by atoms with E-state index in [9.17, 15) is 4.79 Å². The number of benzene rings is 1. The number of rotatable bonds is 2. The van der Waals surface area contributed by atoms with E-state index in [1.807, 2.05) is 35.2 Å². The molecule has 3 rings (SSSR count). The fourth-order valence-corrected chi connectivity index (χ4v) is 3.80. The Morgan fingerprint density at radius 2 is 2.21 bits per heavy atom. The first-order chi connectivity index (χ1) is 9.16. The fraction of sp³-hybridized carbons (Fsp3) is 0.286. The molecule has 1 aliphatic heterocycles. The molecule has 2 aromatic rings. The summed E-state index contributed by atoms with van der Waals surface area (Å²) in [4.78, 5) is 15.6. The molecule has 0 saturated carbocycles. The molecule has 1 unspecified atom stereocenters. The monoisotopic (exact) mass is 290 g/mol. The second-order valence-electron chi connectivity index (χ2n) is 4.71. The normalized spacial score (nSPS) is 18.9. The summed E-state index contributed by atoms with van der Waals surface area (Å²) in [6.07, 6.45) is 1.85. The van der Waals surface area contributed by atoms with E-state index in [0.29, 0.717) is 4.99 Å². The third-order valence-corrected chi connectivity index (χ3v) is 4.85. The lowest BCUT2D eigenvalue weighted by molar-refractivity contribution is 0.0775. The van der Waals surface area contributed by atoms with E-state index in [1.165, 1.54) is 11.3 Å². The van der Waals surface area contributed by atoms with E-state index in [1.54, 1.807) is 0 Å². The maximum absolute atomic E-state index is 12.6. The van der Waals surface area contributed by atoms with Crippen LogP contribution in [0.2, 0.25) is 0 Å². The molecule has 3 nitrogen and oxygen atoms in total. The number of amides is 1. The lowest BCUT2D eigenvalue weighted by atomic mass is 10.2. The number of nitrogens with zero attached hydrogens (tertiary/aromatic N) is 1. The minimum Gasteiger partial charge on any atom is -0.392 e. The van der Waals surface area contributed by atoms with E-state index in [0.717, 1.165) is 34.3 Å². The highest BCUT2D eigenvalue weighted by molar-refractivity contribution is 7.80. The number of fused-ring (bicyclic) bond motifs is 1. The standard InChI is InChI=1S/C14H14N2OS2/c15-13(18)10-5-3-7-16(10)14(17)12-8-9-4-1-2-6-11(9)19-12/h1-2,4,6,8,10H,3,5,7H2,(H2,15,18). The average Bonchev–Trinajstić information content (AvgIpc) is 3.04. The molecule has 1 fully saturated rings. The number of carbonyl (C=O) groups excluding carboxylic acids is 1. The minimum absolute atomic E-state index is 0.0523. The van der Waals surface area contributed by atoms with Gasteiger partial charge in [0.25, 0.3) is 5.91 Å². The first-order valence-corrected chi connectivity index (χ1v) is 7.48. The Hall–Kier alpha value is -1.46. The van der Waals surface area contributed by atoms with Crippen molar-refractivity contribution >= 4 is 44.5 Å². The van der Waals surface area contributed by atoms with Crippen LogP contribution in [0.5, 0.6) is 0 Å². The summed E-state index contributed by atoms with van der Waals surface area (Å²) >= 11 is 6.58. The van der Waals surface area contributed by atoms with Gasteiger partial charge < -0.3 is 10.6 Å². The Morgan fingerprint density at radius 1 is 1.42 bits per heavy atom. The Morgan fingerprint density at radius 3 is 2.95 bits per heavy atom. The smallest absolute Gasteiger partial charge is 0.264 e. The van der Waals surface area contributed by atoms with Gasteiger partial charge in [0.2, 0.25) is 0 Å². The van der Waals surface area contributed by atoms with Crippen molar-refractivity contribution in [3.8, 4) is 0 Å². The van der Waals surface area contributed by atoms with E-state index in [2.05, 4.69) is 0 Å². The largest absolute Gasteiger partial charge is 0.392 e. The maximum Gasteiger partial charge on any atom is 0.264 e. The Balaban J connectivity index is 1.93. The summed E-state index contributed by atoms with van der Waals surface area (Å²) in [5.41, 5.74) is 5.72. The molecule has 5 heteroatoms. The zero-order chi connectivity index (χ0) is 13.4. The number of thiocarbonyl (C=S) groups is 1. The third kappa shape index (κ3) is 2.24. The van der Waals surface area contributed by atoms with Crippen LogP contribution in [0.4, 0.5) is 0 Å². The highest BCUT2D eigenvalue weighted by Gasteiger charge is 2.31. The van der Waals surface area contributed by atoms with Crippen LogP contribution in [0.3, 0.4) is 0 Å². The van der Waals surface area contributed by atoms with Crippen molar-refractivity contribution in [3.05, 3.63) is 35.2 Å². The van der Waals surface area contributed by atoms with Crippen LogP contribution in [0.25, 0.3) is 10.1 Å². The van der Waals surface area contributed by atoms with Crippen molar-refractivity contribution in [2.75, 3.05) is 6.54 Å². The molecule has 98 valence electrons. The first kappa shape index (κ1) is 12.6. The number of carbonyl (C=O) groups is 1. The van der Waals surface area contributed by atoms with Crippen LogP contribution in [0, 0.1) is 0 Å². The van der Waals surface area contributed by atoms with Crippen LogP contribution in [0.15, 0.2) is 30.3 Å². The van der Waals surface area contributed by atoms with Crippen LogP contribution in [-0.4, -0.2) is 28.4 Å². The molecular formula is C14H14N2OS2. The average molecular weight is 290 g/mol. The van der Waals surface area contributed by atoms with Gasteiger partial charge >= 0.3 is 0 Å². The summed E-state index contributed by atoms with van der Waals surface area (Å²) in [6.45, 7) is 0.745. The zero-order valence-electron chi connectivity index (χ0n) is 10.3. The van der Waals surface area contributed by atoms with Gasteiger partial charge in [0, 0.05) is 11.2 Å². The molecule has 1 atom stereocenters. The quantitative estimate of drug-likeness (QED) is 0.865. The van der Waals surface area contributed by atoms with Crippen molar-refractivity contribution in [1.82, 2.24) is 4.90 Å². The molecule has 1 saturated heterocycles. The second kappa shape index (κ2) is 4.90. The lowest BCUT2D eigenvalue weighted by Gasteiger charge is -2.22. The van der Waals surface area contributed by atoms with E-state index >= 15 is 0 Å². The van der Waals surface area contributed by atoms with Crippen molar-refractivity contribution in [2.24, 2.45) is 5.73 Å². The molecule has 2 heterocycles. The van der Waals surface area contributed by atoms with Gasteiger partial charge in [-0.3, -0.25) is 4.79 Å². The van der Waals surface area contributed by atoms with Crippen molar-refractivity contribution in [3.63, 3.8) is 0 Å². The van der Waals surface area contributed by atoms with Gasteiger partial charge in [-0.2, -0.15) is 0 Å². The lowest BCUT2D eigenvalue weighted by Crippen LogP contribution is -2.42. The molecule has 1 aromatic carbocycles. The molecule has 0 aliphatic carbocycles. The summed E-state index contributed by atoms with van der Waals surface area (Å²) in [6, 6.07) is 9.91. The molecular weight excluding hydrogens is 276 g/mol. The van der Waals surface area contributed by atoms with Crippen LogP contribution < -0.4 is 5.73 Å². The van der Waals surface area contributed by atoms with Gasteiger partial charge in [-0.25, -0.2) is 0 Å². The highest BCUT2D eigenvalue weighted by atomic mass is 32.1. The van der Waals surface area contributed by atoms with Gasteiger partial charge in [-0.15, -0.1) is 11.3 Å². The number of hydrogen-bond donors (Lipinski definition) is 1. The van der Waals surface area contributed by atoms with Crippen molar-refractivity contribution in [1.29, 1.82) is 0 Å². The number of likely N-dealkylation sites (tertiary alicyclic amines) is 1.